The third-order valence-electron chi connectivity index (χ3n) is 3.58. The lowest BCUT2D eigenvalue weighted by Crippen LogP contribution is -2.34. The van der Waals surface area contributed by atoms with Crippen LogP contribution in [0, 0.1) is 0 Å². The van der Waals surface area contributed by atoms with Crippen LogP contribution in [0.2, 0.25) is 0 Å². The Kier molecular flexibility index (Phi) is 4.95. The highest BCUT2D eigenvalue weighted by molar-refractivity contribution is 6.01. The normalized spacial score (nSPS) is 16.4. The lowest BCUT2D eigenvalue weighted by atomic mass is 10.1. The average molecular weight is 260 g/mol. The lowest BCUT2D eigenvalue weighted by Gasteiger charge is -2.17. The molecule has 0 unspecified atom stereocenters. The molecule has 0 aliphatic heterocycles. The first kappa shape index (κ1) is 13.6. The van der Waals surface area contributed by atoms with Gasteiger partial charge in [-0.3, -0.25) is 9.59 Å². The summed E-state index contributed by atoms with van der Waals surface area (Å²) in [7, 11) is 0. The molecule has 1 fully saturated rings. The minimum absolute atomic E-state index is 0.100. The van der Waals surface area contributed by atoms with E-state index in [1.54, 1.807) is 24.3 Å². The second-order valence-corrected chi connectivity index (χ2v) is 4.97. The predicted molar refractivity (Wildman–Crippen MR) is 75.1 cm³/mol. The monoisotopic (exact) mass is 260 g/mol. The van der Waals surface area contributed by atoms with Crippen molar-refractivity contribution in [2.75, 3.05) is 5.32 Å². The summed E-state index contributed by atoms with van der Waals surface area (Å²) in [5, 5.41) is 5.64. The maximum absolute atomic E-state index is 12.3. The third-order valence-corrected chi connectivity index (χ3v) is 3.58. The van der Waals surface area contributed by atoms with E-state index in [0.717, 1.165) is 12.8 Å². The fourth-order valence-corrected chi connectivity index (χ4v) is 2.56. The van der Waals surface area contributed by atoms with Crippen molar-refractivity contribution in [3.8, 4) is 0 Å². The number of nitrogens with one attached hydrogen (secondary N) is 2. The highest BCUT2D eigenvalue weighted by Gasteiger charge is 2.17. The van der Waals surface area contributed by atoms with Gasteiger partial charge in [0.15, 0.2) is 0 Å². The standard InChI is InChI=1S/C15H20N2O2/c18-11-16-14-10-6-5-9-13(14)15(19)17-12-7-3-1-2-4-8-12/h5-6,9-12H,1-4,7-8H2,(H,16,18)(H,17,19). The highest BCUT2D eigenvalue weighted by atomic mass is 16.2. The Bertz CT molecular complexity index is 438. The first-order chi connectivity index (χ1) is 9.31. The summed E-state index contributed by atoms with van der Waals surface area (Å²) in [6.45, 7) is 0. The highest BCUT2D eigenvalue weighted by Crippen LogP contribution is 2.19. The molecule has 0 heterocycles. The number of rotatable bonds is 4. The van der Waals surface area contributed by atoms with E-state index in [1.807, 2.05) is 0 Å². The summed E-state index contributed by atoms with van der Waals surface area (Å²) >= 11 is 0. The molecule has 2 rings (SSSR count). The van der Waals surface area contributed by atoms with Gasteiger partial charge in [-0.1, -0.05) is 37.8 Å². The molecule has 4 nitrogen and oxygen atoms in total. The molecule has 19 heavy (non-hydrogen) atoms. The molecule has 1 aromatic rings. The molecule has 0 bridgehead atoms. The molecule has 0 aromatic heterocycles. The van der Waals surface area contributed by atoms with Crippen LogP contribution in [-0.4, -0.2) is 18.4 Å². The van der Waals surface area contributed by atoms with Crippen LogP contribution in [-0.2, 0) is 4.79 Å². The summed E-state index contributed by atoms with van der Waals surface area (Å²) in [4.78, 5) is 22.8. The topological polar surface area (TPSA) is 58.2 Å². The van der Waals surface area contributed by atoms with E-state index in [2.05, 4.69) is 10.6 Å². The molecule has 1 aliphatic carbocycles. The smallest absolute Gasteiger partial charge is 0.253 e. The van der Waals surface area contributed by atoms with Crippen LogP contribution in [0.25, 0.3) is 0 Å². The average Bonchev–Trinajstić information content (AvgIpc) is 2.68. The van der Waals surface area contributed by atoms with Crippen LogP contribution >= 0.6 is 0 Å². The van der Waals surface area contributed by atoms with Crippen LogP contribution in [0.1, 0.15) is 48.9 Å². The number of carbonyl (C=O) groups excluding carboxylic acids is 2. The SMILES string of the molecule is O=CNc1ccccc1C(=O)NC1CCCCCC1. The number of amides is 2. The van der Waals surface area contributed by atoms with E-state index in [9.17, 15) is 9.59 Å². The Morgan fingerprint density at radius 2 is 1.79 bits per heavy atom. The quantitative estimate of drug-likeness (QED) is 0.646. The van der Waals surface area contributed by atoms with Gasteiger partial charge in [-0.05, 0) is 25.0 Å². The van der Waals surface area contributed by atoms with E-state index in [1.165, 1.54) is 25.7 Å². The Morgan fingerprint density at radius 1 is 1.11 bits per heavy atom. The zero-order valence-corrected chi connectivity index (χ0v) is 11.0. The molecule has 1 aliphatic rings. The van der Waals surface area contributed by atoms with Gasteiger partial charge in [-0.2, -0.15) is 0 Å². The maximum Gasteiger partial charge on any atom is 0.253 e. The van der Waals surface area contributed by atoms with Crippen LogP contribution in [0.3, 0.4) is 0 Å². The molecule has 0 radical (unpaired) electrons. The molecule has 0 saturated heterocycles. The van der Waals surface area contributed by atoms with E-state index in [-0.39, 0.29) is 11.9 Å². The number of para-hydroxylation sites is 1. The van der Waals surface area contributed by atoms with Crippen LogP contribution in [0.5, 0.6) is 0 Å². The summed E-state index contributed by atoms with van der Waals surface area (Å²) in [5.74, 6) is -0.100. The van der Waals surface area contributed by atoms with Gasteiger partial charge in [-0.15, -0.1) is 0 Å². The van der Waals surface area contributed by atoms with Crippen molar-refractivity contribution in [2.24, 2.45) is 0 Å². The second kappa shape index (κ2) is 6.92. The van der Waals surface area contributed by atoms with Crippen molar-refractivity contribution in [1.82, 2.24) is 5.32 Å². The maximum atomic E-state index is 12.3. The number of hydrogen-bond acceptors (Lipinski definition) is 2. The summed E-state index contributed by atoms with van der Waals surface area (Å²) in [5.41, 5.74) is 1.09. The van der Waals surface area contributed by atoms with Gasteiger partial charge in [0, 0.05) is 6.04 Å². The van der Waals surface area contributed by atoms with Crippen LogP contribution in [0.4, 0.5) is 5.69 Å². The summed E-state index contributed by atoms with van der Waals surface area (Å²) in [6.07, 6.45) is 7.57. The van der Waals surface area contributed by atoms with Crippen LogP contribution in [0.15, 0.2) is 24.3 Å². The zero-order chi connectivity index (χ0) is 13.5. The second-order valence-electron chi connectivity index (χ2n) is 4.97. The van der Waals surface area contributed by atoms with Crippen molar-refractivity contribution >= 4 is 18.0 Å². The number of benzene rings is 1. The van der Waals surface area contributed by atoms with Crippen molar-refractivity contribution in [2.45, 2.75) is 44.6 Å². The largest absolute Gasteiger partial charge is 0.349 e. The molecule has 0 spiro atoms. The van der Waals surface area contributed by atoms with Gasteiger partial charge in [0.05, 0.1) is 11.3 Å². The van der Waals surface area contributed by atoms with Crippen molar-refractivity contribution in [3.05, 3.63) is 29.8 Å². The van der Waals surface area contributed by atoms with Crippen molar-refractivity contribution in [3.63, 3.8) is 0 Å². The fraction of sp³-hybridized carbons (Fsp3) is 0.467. The molecular formula is C15H20N2O2. The lowest BCUT2D eigenvalue weighted by molar-refractivity contribution is -0.105. The number of anilines is 1. The van der Waals surface area contributed by atoms with Crippen molar-refractivity contribution < 1.29 is 9.59 Å². The van der Waals surface area contributed by atoms with E-state index >= 15 is 0 Å². The molecule has 2 amide bonds. The minimum atomic E-state index is -0.100. The van der Waals surface area contributed by atoms with E-state index in [0.29, 0.717) is 17.7 Å². The molecule has 102 valence electrons. The first-order valence-electron chi connectivity index (χ1n) is 6.91. The van der Waals surface area contributed by atoms with Gasteiger partial charge in [-0.25, -0.2) is 0 Å². The van der Waals surface area contributed by atoms with E-state index in [4.69, 9.17) is 0 Å². The predicted octanol–water partition coefficient (Wildman–Crippen LogP) is 2.71. The Hall–Kier alpha value is -1.84. The molecule has 2 N–H and O–H groups in total. The van der Waals surface area contributed by atoms with Gasteiger partial charge in [0.1, 0.15) is 0 Å². The Morgan fingerprint density at radius 3 is 2.47 bits per heavy atom. The third kappa shape index (κ3) is 3.81. The van der Waals surface area contributed by atoms with Gasteiger partial charge in [0.25, 0.3) is 5.91 Å². The molecule has 1 aromatic carbocycles. The fourth-order valence-electron chi connectivity index (χ4n) is 2.56. The van der Waals surface area contributed by atoms with Gasteiger partial charge >= 0.3 is 0 Å². The van der Waals surface area contributed by atoms with E-state index < -0.39 is 0 Å². The molecule has 0 atom stereocenters. The summed E-state index contributed by atoms with van der Waals surface area (Å²) in [6, 6.07) is 7.33. The first-order valence-corrected chi connectivity index (χ1v) is 6.91. The molecule has 1 saturated carbocycles. The molecule has 4 heteroatoms. The van der Waals surface area contributed by atoms with Gasteiger partial charge in [0.2, 0.25) is 6.41 Å². The zero-order valence-electron chi connectivity index (χ0n) is 11.0. The van der Waals surface area contributed by atoms with Gasteiger partial charge < -0.3 is 10.6 Å². The summed E-state index contributed by atoms with van der Waals surface area (Å²) < 4.78 is 0. The number of carbonyl (C=O) groups is 2. The minimum Gasteiger partial charge on any atom is -0.349 e. The molecular weight excluding hydrogens is 240 g/mol. The number of hydrogen-bond donors (Lipinski definition) is 2. The Labute approximate surface area is 113 Å². The van der Waals surface area contributed by atoms with Crippen LogP contribution < -0.4 is 10.6 Å². The Balaban J connectivity index is 2.04. The van der Waals surface area contributed by atoms with Crippen molar-refractivity contribution in [1.29, 1.82) is 0 Å².